The molecule has 0 saturated carbocycles. The first kappa shape index (κ1) is 17.0. The summed E-state index contributed by atoms with van der Waals surface area (Å²) in [5, 5.41) is 5.85. The lowest BCUT2D eigenvalue weighted by atomic mass is 10.0. The number of rotatable bonds is 3. The monoisotopic (exact) mass is 382 g/mol. The molecule has 0 fully saturated rings. The third-order valence-corrected chi connectivity index (χ3v) is 5.40. The highest BCUT2D eigenvalue weighted by molar-refractivity contribution is 7.89. The van der Waals surface area contributed by atoms with Gasteiger partial charge in [0.15, 0.2) is 0 Å². The van der Waals surface area contributed by atoms with Crippen molar-refractivity contribution in [2.45, 2.75) is 11.3 Å². The highest BCUT2D eigenvalue weighted by atomic mass is 35.5. The molecule has 0 atom stereocenters. The molecule has 3 N–H and O–H groups in total. The van der Waals surface area contributed by atoms with Crippen LogP contribution in [0.1, 0.15) is 11.1 Å². The molecule has 0 amide bonds. The smallest absolute Gasteiger partial charge is 0.251 e. The van der Waals surface area contributed by atoms with Crippen molar-refractivity contribution in [3.63, 3.8) is 0 Å². The predicted octanol–water partition coefficient (Wildman–Crippen LogP) is 3.07. The van der Waals surface area contributed by atoms with Gasteiger partial charge in [0.25, 0.3) is 5.56 Å². The molecular formula is C16H12Cl2N2O3S. The molecule has 0 bridgehead atoms. The lowest BCUT2D eigenvalue weighted by Crippen LogP contribution is -2.15. The number of fused-ring (bicyclic) bond motifs is 1. The number of nitrogens with two attached hydrogens (primary N) is 1. The molecule has 8 heteroatoms. The van der Waals surface area contributed by atoms with Crippen LogP contribution in [-0.2, 0) is 16.4 Å². The fourth-order valence-corrected chi connectivity index (χ4v) is 4.37. The summed E-state index contributed by atoms with van der Waals surface area (Å²) in [5.74, 6) is 0. The molecule has 5 nitrogen and oxygen atoms in total. The van der Waals surface area contributed by atoms with Crippen molar-refractivity contribution in [1.29, 1.82) is 0 Å². The van der Waals surface area contributed by atoms with Crippen molar-refractivity contribution >= 4 is 44.1 Å². The molecular weight excluding hydrogens is 371 g/mol. The zero-order valence-corrected chi connectivity index (χ0v) is 14.5. The molecule has 1 aromatic heterocycles. The molecule has 24 heavy (non-hydrogen) atoms. The van der Waals surface area contributed by atoms with Crippen LogP contribution in [0.25, 0.3) is 10.9 Å². The van der Waals surface area contributed by atoms with E-state index in [9.17, 15) is 13.2 Å². The van der Waals surface area contributed by atoms with Gasteiger partial charge in [-0.3, -0.25) is 4.79 Å². The molecule has 0 aliphatic heterocycles. The van der Waals surface area contributed by atoms with E-state index in [1.165, 1.54) is 12.1 Å². The third kappa shape index (κ3) is 3.32. The lowest BCUT2D eigenvalue weighted by Gasteiger charge is -2.09. The van der Waals surface area contributed by atoms with Crippen LogP contribution in [0.5, 0.6) is 0 Å². The van der Waals surface area contributed by atoms with Crippen molar-refractivity contribution in [3.05, 3.63) is 74.0 Å². The van der Waals surface area contributed by atoms with Gasteiger partial charge in [0, 0.05) is 17.5 Å². The zero-order valence-electron chi connectivity index (χ0n) is 12.2. The van der Waals surface area contributed by atoms with Crippen LogP contribution in [-0.4, -0.2) is 13.4 Å². The van der Waals surface area contributed by atoms with Gasteiger partial charge in [-0.2, -0.15) is 0 Å². The lowest BCUT2D eigenvalue weighted by molar-refractivity contribution is 0.598. The summed E-state index contributed by atoms with van der Waals surface area (Å²) in [7, 11) is -4.02. The normalized spacial score (nSPS) is 11.8. The van der Waals surface area contributed by atoms with Gasteiger partial charge in [-0.05, 0) is 35.2 Å². The van der Waals surface area contributed by atoms with Gasteiger partial charge < -0.3 is 4.98 Å². The average molecular weight is 383 g/mol. The largest absolute Gasteiger partial charge is 0.322 e. The Morgan fingerprint density at radius 2 is 1.67 bits per heavy atom. The van der Waals surface area contributed by atoms with E-state index < -0.39 is 10.0 Å². The highest BCUT2D eigenvalue weighted by Gasteiger charge is 2.19. The van der Waals surface area contributed by atoms with Crippen LogP contribution >= 0.6 is 23.2 Å². The Balaban J connectivity index is 2.06. The van der Waals surface area contributed by atoms with Crippen molar-refractivity contribution in [3.8, 4) is 0 Å². The number of hydrogen-bond donors (Lipinski definition) is 2. The number of sulfonamides is 1. The molecule has 2 aromatic carbocycles. The fourth-order valence-electron chi connectivity index (χ4n) is 2.53. The SMILES string of the molecule is NS(=O)(=O)c1c(Cl)cc(Cc2cc3ccccc3[nH]c2=O)cc1Cl. The van der Waals surface area contributed by atoms with Crippen molar-refractivity contribution < 1.29 is 8.42 Å². The summed E-state index contributed by atoms with van der Waals surface area (Å²) in [6.07, 6.45) is 0.254. The molecule has 1 heterocycles. The van der Waals surface area contributed by atoms with Gasteiger partial charge in [0.2, 0.25) is 10.0 Å². The minimum absolute atomic E-state index is 0.0720. The molecule has 0 aliphatic rings. The standard InChI is InChI=1S/C16H12Cl2N2O3S/c17-12-6-9(7-13(18)15(12)24(19,22)23)5-11-8-10-3-1-2-4-14(10)20-16(11)21/h1-4,6-8H,5H2,(H,20,21)(H2,19,22,23). The minimum Gasteiger partial charge on any atom is -0.322 e. The molecule has 0 radical (unpaired) electrons. The summed E-state index contributed by atoms with van der Waals surface area (Å²) in [5.41, 5.74) is 1.64. The maximum Gasteiger partial charge on any atom is 0.251 e. The second-order valence-electron chi connectivity index (χ2n) is 5.32. The molecule has 0 aliphatic carbocycles. The fraction of sp³-hybridized carbons (Fsp3) is 0.0625. The molecule has 0 saturated heterocycles. The first-order chi connectivity index (χ1) is 11.3. The number of halogens is 2. The van der Waals surface area contributed by atoms with Crippen LogP contribution < -0.4 is 10.7 Å². The first-order valence-electron chi connectivity index (χ1n) is 6.87. The maximum atomic E-state index is 12.2. The Morgan fingerprint density at radius 3 is 2.29 bits per heavy atom. The number of aromatic nitrogens is 1. The number of benzene rings is 2. The van der Waals surface area contributed by atoms with Gasteiger partial charge in [0.1, 0.15) is 4.90 Å². The van der Waals surface area contributed by atoms with Crippen LogP contribution in [0.2, 0.25) is 10.0 Å². The maximum absolute atomic E-state index is 12.2. The Hall–Kier alpha value is -1.86. The van der Waals surface area contributed by atoms with Gasteiger partial charge >= 0.3 is 0 Å². The number of nitrogens with one attached hydrogen (secondary N) is 1. The molecule has 0 unspecified atom stereocenters. The topological polar surface area (TPSA) is 93.0 Å². The number of aromatic amines is 1. The number of hydrogen-bond acceptors (Lipinski definition) is 3. The van der Waals surface area contributed by atoms with E-state index in [0.29, 0.717) is 11.1 Å². The highest BCUT2D eigenvalue weighted by Crippen LogP contribution is 2.30. The van der Waals surface area contributed by atoms with E-state index in [1.807, 2.05) is 24.3 Å². The van der Waals surface area contributed by atoms with Crippen LogP contribution in [0.15, 0.2) is 52.2 Å². The Labute approximate surface area is 148 Å². The number of H-pyrrole nitrogens is 1. The summed E-state index contributed by atoms with van der Waals surface area (Å²) in [6.45, 7) is 0. The number of para-hydroxylation sites is 1. The Bertz CT molecular complexity index is 1080. The second-order valence-corrected chi connectivity index (χ2v) is 7.63. The summed E-state index contributed by atoms with van der Waals surface area (Å²) in [6, 6.07) is 12.1. The molecule has 3 aromatic rings. The van der Waals surface area contributed by atoms with Gasteiger partial charge in [-0.25, -0.2) is 13.6 Å². The molecule has 124 valence electrons. The summed E-state index contributed by atoms with van der Waals surface area (Å²) < 4.78 is 23.0. The van der Waals surface area contributed by atoms with E-state index in [4.69, 9.17) is 28.3 Å². The summed E-state index contributed by atoms with van der Waals surface area (Å²) >= 11 is 12.0. The van der Waals surface area contributed by atoms with Crippen molar-refractivity contribution in [2.75, 3.05) is 0 Å². The van der Waals surface area contributed by atoms with E-state index in [-0.39, 0.29) is 26.9 Å². The predicted molar refractivity (Wildman–Crippen MR) is 95.2 cm³/mol. The van der Waals surface area contributed by atoms with Gasteiger partial charge in [-0.15, -0.1) is 0 Å². The third-order valence-electron chi connectivity index (χ3n) is 3.57. The molecule has 0 spiro atoms. The van der Waals surface area contributed by atoms with E-state index >= 15 is 0 Å². The van der Waals surface area contributed by atoms with E-state index in [1.54, 1.807) is 6.07 Å². The van der Waals surface area contributed by atoms with Gasteiger partial charge in [-0.1, -0.05) is 41.4 Å². The van der Waals surface area contributed by atoms with Crippen molar-refractivity contribution in [1.82, 2.24) is 4.98 Å². The Morgan fingerprint density at radius 1 is 1.04 bits per heavy atom. The average Bonchev–Trinajstić information content (AvgIpc) is 2.45. The van der Waals surface area contributed by atoms with Crippen LogP contribution in [0.3, 0.4) is 0 Å². The quantitative estimate of drug-likeness (QED) is 0.728. The van der Waals surface area contributed by atoms with E-state index in [2.05, 4.69) is 4.98 Å². The minimum atomic E-state index is -4.02. The van der Waals surface area contributed by atoms with Crippen molar-refractivity contribution in [2.24, 2.45) is 5.14 Å². The number of pyridine rings is 1. The Kier molecular flexibility index (Phi) is 4.40. The van der Waals surface area contributed by atoms with Crippen LogP contribution in [0, 0.1) is 0 Å². The van der Waals surface area contributed by atoms with Crippen LogP contribution in [0.4, 0.5) is 0 Å². The first-order valence-corrected chi connectivity index (χ1v) is 9.17. The van der Waals surface area contributed by atoms with Gasteiger partial charge in [0.05, 0.1) is 10.0 Å². The summed E-state index contributed by atoms with van der Waals surface area (Å²) in [4.78, 5) is 14.7. The second kappa shape index (κ2) is 6.22. The number of primary sulfonamides is 1. The zero-order chi connectivity index (χ0) is 17.5. The molecule has 3 rings (SSSR count). The van der Waals surface area contributed by atoms with E-state index in [0.717, 1.165) is 10.9 Å².